The SMILES string of the molecule is CCOC1=CC(F)(CN2CCC3(CC2)CN(c2ccc(O)nc2)C(=O)O3)C=C(OCC)C1c1ccccc1. The summed E-state index contributed by atoms with van der Waals surface area (Å²) in [5, 5.41) is 9.45. The number of alkyl halides is 1. The van der Waals surface area contributed by atoms with E-state index in [-0.39, 0.29) is 18.3 Å². The summed E-state index contributed by atoms with van der Waals surface area (Å²) < 4.78 is 34.2. The molecule has 5 rings (SSSR count). The fourth-order valence-electron chi connectivity index (χ4n) is 5.55. The van der Waals surface area contributed by atoms with E-state index >= 15 is 4.39 Å². The van der Waals surface area contributed by atoms with Gasteiger partial charge in [0.05, 0.1) is 37.6 Å². The van der Waals surface area contributed by atoms with Crippen molar-refractivity contribution in [3.05, 3.63) is 77.9 Å². The van der Waals surface area contributed by atoms with Crippen LogP contribution in [0.1, 0.15) is 38.2 Å². The summed E-state index contributed by atoms with van der Waals surface area (Å²) in [4.78, 5) is 20.1. The summed E-state index contributed by atoms with van der Waals surface area (Å²) in [6.45, 7) is 6.35. The summed E-state index contributed by atoms with van der Waals surface area (Å²) >= 11 is 0. The Morgan fingerprint density at radius 3 is 2.29 bits per heavy atom. The molecule has 9 heteroatoms. The number of hydrogen-bond acceptors (Lipinski definition) is 7. The molecule has 0 saturated carbocycles. The summed E-state index contributed by atoms with van der Waals surface area (Å²) in [6.07, 6.45) is 5.39. The lowest BCUT2D eigenvalue weighted by Crippen LogP contribution is -2.50. The number of halogens is 1. The molecule has 1 aromatic heterocycles. The highest BCUT2D eigenvalue weighted by molar-refractivity contribution is 5.90. The Kier molecular flexibility index (Phi) is 7.29. The molecule has 1 amide bonds. The van der Waals surface area contributed by atoms with Crippen LogP contribution in [0.5, 0.6) is 5.88 Å². The van der Waals surface area contributed by atoms with Crippen molar-refractivity contribution in [3.63, 3.8) is 0 Å². The quantitative estimate of drug-likeness (QED) is 0.526. The van der Waals surface area contributed by atoms with E-state index in [1.54, 1.807) is 18.2 Å². The smallest absolute Gasteiger partial charge is 0.415 e. The van der Waals surface area contributed by atoms with Gasteiger partial charge in [-0.15, -0.1) is 0 Å². The fourth-order valence-corrected chi connectivity index (χ4v) is 5.55. The Morgan fingerprint density at radius 1 is 1.05 bits per heavy atom. The van der Waals surface area contributed by atoms with Crippen molar-refractivity contribution < 1.29 is 28.5 Å². The molecule has 2 aliphatic heterocycles. The van der Waals surface area contributed by atoms with Gasteiger partial charge in [-0.2, -0.15) is 0 Å². The van der Waals surface area contributed by atoms with Gasteiger partial charge in [-0.1, -0.05) is 30.3 Å². The largest absolute Gasteiger partial charge is 0.497 e. The third-order valence-electron chi connectivity index (χ3n) is 7.34. The minimum Gasteiger partial charge on any atom is -0.497 e. The van der Waals surface area contributed by atoms with Crippen molar-refractivity contribution in [1.29, 1.82) is 0 Å². The lowest BCUT2D eigenvalue weighted by Gasteiger charge is -2.40. The Morgan fingerprint density at radius 2 is 1.71 bits per heavy atom. The van der Waals surface area contributed by atoms with Crippen molar-refractivity contribution in [2.75, 3.05) is 44.3 Å². The van der Waals surface area contributed by atoms with Crippen LogP contribution in [0.2, 0.25) is 0 Å². The Hall–Kier alpha value is -3.59. The van der Waals surface area contributed by atoms with E-state index in [1.165, 1.54) is 17.2 Å². The third-order valence-corrected chi connectivity index (χ3v) is 7.34. The van der Waals surface area contributed by atoms with Crippen molar-refractivity contribution in [3.8, 4) is 5.88 Å². The fraction of sp³-hybridized carbons (Fsp3) is 0.448. The first-order valence-corrected chi connectivity index (χ1v) is 13.2. The molecule has 1 aliphatic carbocycles. The molecule has 0 bridgehead atoms. The molecule has 1 aromatic carbocycles. The van der Waals surface area contributed by atoms with Crippen LogP contribution in [0.4, 0.5) is 14.9 Å². The molecule has 8 nitrogen and oxygen atoms in total. The van der Waals surface area contributed by atoms with Crippen LogP contribution in [-0.2, 0) is 14.2 Å². The Bertz CT molecular complexity index is 1170. The van der Waals surface area contributed by atoms with Crippen LogP contribution in [-0.4, -0.2) is 71.7 Å². The van der Waals surface area contributed by atoms with Crippen LogP contribution in [0.15, 0.2) is 72.3 Å². The third kappa shape index (κ3) is 5.34. The van der Waals surface area contributed by atoms with Gasteiger partial charge in [0.2, 0.25) is 5.88 Å². The predicted molar refractivity (Wildman–Crippen MR) is 141 cm³/mol. The molecule has 202 valence electrons. The number of nitrogens with zero attached hydrogens (tertiary/aromatic N) is 3. The maximum Gasteiger partial charge on any atom is 0.415 e. The summed E-state index contributed by atoms with van der Waals surface area (Å²) in [5.74, 6) is 0.722. The second-order valence-corrected chi connectivity index (χ2v) is 10.0. The zero-order valence-corrected chi connectivity index (χ0v) is 21.8. The van der Waals surface area contributed by atoms with Gasteiger partial charge in [0.15, 0.2) is 5.67 Å². The standard InChI is InChI=1S/C29H34FN3O5/c1-3-36-23-16-28(30,17-24(37-4-2)26(23)21-8-6-5-7-9-21)19-32-14-12-29(13-15-32)20-33(27(35)38-29)22-10-11-25(34)31-18-22/h5-11,16-18,26H,3-4,12-15,19-20H2,1-2H3,(H,31,34). The lowest BCUT2D eigenvalue weighted by molar-refractivity contribution is -0.00686. The molecule has 2 saturated heterocycles. The minimum atomic E-state index is -1.76. The number of hydrogen-bond donors (Lipinski definition) is 1. The van der Waals surface area contributed by atoms with Gasteiger partial charge >= 0.3 is 6.09 Å². The monoisotopic (exact) mass is 523 g/mol. The molecule has 0 radical (unpaired) electrons. The second kappa shape index (κ2) is 10.6. The van der Waals surface area contributed by atoms with Crippen molar-refractivity contribution in [2.24, 2.45) is 0 Å². The highest BCUT2D eigenvalue weighted by atomic mass is 19.1. The van der Waals surface area contributed by atoms with Crippen LogP contribution in [0.3, 0.4) is 0 Å². The molecule has 1 spiro atoms. The highest BCUT2D eigenvalue weighted by Crippen LogP contribution is 2.42. The summed E-state index contributed by atoms with van der Waals surface area (Å²) in [7, 11) is 0. The van der Waals surface area contributed by atoms with Gasteiger partial charge in [-0.05, 0) is 37.6 Å². The van der Waals surface area contributed by atoms with Crippen LogP contribution in [0.25, 0.3) is 0 Å². The number of benzene rings is 1. The van der Waals surface area contributed by atoms with Gasteiger partial charge in [0.1, 0.15) is 17.1 Å². The molecule has 3 heterocycles. The van der Waals surface area contributed by atoms with Crippen LogP contribution in [0, 0.1) is 0 Å². The van der Waals surface area contributed by atoms with Crippen molar-refractivity contribution >= 4 is 11.8 Å². The molecular formula is C29H34FN3O5. The van der Waals surface area contributed by atoms with Crippen molar-refractivity contribution in [2.45, 2.75) is 43.9 Å². The minimum absolute atomic E-state index is 0.106. The average molecular weight is 524 g/mol. The zero-order chi connectivity index (χ0) is 26.8. The molecule has 2 fully saturated rings. The molecule has 0 unspecified atom stereocenters. The maximum absolute atomic E-state index is 16.5. The van der Waals surface area contributed by atoms with Crippen LogP contribution >= 0.6 is 0 Å². The number of anilines is 1. The number of amides is 1. The number of carbonyl (C=O) groups excluding carboxylic acids is 1. The number of likely N-dealkylation sites (tertiary alicyclic amines) is 1. The van der Waals surface area contributed by atoms with E-state index < -0.39 is 17.4 Å². The summed E-state index contributed by atoms with van der Waals surface area (Å²) in [5.41, 5.74) is -0.822. The van der Waals surface area contributed by atoms with Gasteiger partial charge in [-0.3, -0.25) is 9.80 Å². The number of piperidine rings is 1. The molecule has 2 aromatic rings. The first-order valence-electron chi connectivity index (χ1n) is 13.2. The van der Waals surface area contributed by atoms with Crippen LogP contribution < -0.4 is 4.90 Å². The molecule has 38 heavy (non-hydrogen) atoms. The number of pyridine rings is 1. The van der Waals surface area contributed by atoms with E-state index in [4.69, 9.17) is 14.2 Å². The molecular weight excluding hydrogens is 489 g/mol. The first kappa shape index (κ1) is 26.0. The topological polar surface area (TPSA) is 84.4 Å². The predicted octanol–water partition coefficient (Wildman–Crippen LogP) is 4.92. The number of carbonyl (C=O) groups is 1. The number of rotatable bonds is 8. The van der Waals surface area contributed by atoms with E-state index in [1.807, 2.05) is 44.2 Å². The van der Waals surface area contributed by atoms with Gasteiger partial charge < -0.3 is 19.3 Å². The zero-order valence-electron chi connectivity index (χ0n) is 21.8. The number of aromatic hydroxyl groups is 1. The van der Waals surface area contributed by atoms with Crippen molar-refractivity contribution in [1.82, 2.24) is 9.88 Å². The molecule has 0 atom stereocenters. The Balaban J connectivity index is 1.29. The molecule has 3 aliphatic rings. The highest BCUT2D eigenvalue weighted by Gasteiger charge is 2.48. The first-order chi connectivity index (χ1) is 18.3. The van der Waals surface area contributed by atoms with Gasteiger partial charge in [0.25, 0.3) is 0 Å². The summed E-state index contributed by atoms with van der Waals surface area (Å²) in [6, 6.07) is 12.9. The molecule has 1 N–H and O–H groups in total. The van der Waals surface area contributed by atoms with E-state index in [9.17, 15) is 9.90 Å². The normalized spacial score (nSPS) is 25.1. The Labute approximate surface area is 222 Å². The van der Waals surface area contributed by atoms with Gasteiger partial charge in [-0.25, -0.2) is 14.2 Å². The maximum atomic E-state index is 16.5. The van der Waals surface area contributed by atoms with Gasteiger partial charge in [0, 0.05) is 38.5 Å². The van der Waals surface area contributed by atoms with E-state index in [2.05, 4.69) is 9.88 Å². The van der Waals surface area contributed by atoms with E-state index in [0.717, 1.165) is 5.56 Å². The number of ether oxygens (including phenoxy) is 3. The average Bonchev–Trinajstić information content (AvgIpc) is 3.22. The lowest BCUT2D eigenvalue weighted by atomic mass is 9.84. The number of aromatic nitrogens is 1. The second-order valence-electron chi connectivity index (χ2n) is 10.0. The van der Waals surface area contributed by atoms with E-state index in [0.29, 0.717) is 62.9 Å².